The average molecular weight is 358 g/mol. The first-order valence-corrected chi connectivity index (χ1v) is 9.71. The van der Waals surface area contributed by atoms with Crippen LogP contribution in [0, 0.1) is 0 Å². The molecule has 0 spiro atoms. The van der Waals surface area contributed by atoms with E-state index in [2.05, 4.69) is 34.7 Å². The summed E-state index contributed by atoms with van der Waals surface area (Å²) in [5.74, 6) is -0.0225. The molecule has 1 aromatic carbocycles. The highest BCUT2D eigenvalue weighted by atomic mass is 16.2. The molecule has 6 heteroatoms. The fourth-order valence-corrected chi connectivity index (χ4v) is 3.92. The van der Waals surface area contributed by atoms with Crippen molar-refractivity contribution in [2.75, 3.05) is 33.2 Å². The third kappa shape index (κ3) is 4.97. The molecular weight excluding hydrogens is 328 g/mol. The van der Waals surface area contributed by atoms with Crippen LogP contribution in [0.1, 0.15) is 43.7 Å². The zero-order chi connectivity index (χ0) is 18.4. The molecule has 26 heavy (non-hydrogen) atoms. The van der Waals surface area contributed by atoms with Crippen molar-refractivity contribution < 1.29 is 9.59 Å². The Hall–Kier alpha value is -2.08. The molecule has 1 heterocycles. The number of hydrogen-bond acceptors (Lipinski definition) is 3. The van der Waals surface area contributed by atoms with Gasteiger partial charge in [-0.15, -0.1) is 0 Å². The maximum Gasteiger partial charge on any atom is 0.315 e. The summed E-state index contributed by atoms with van der Waals surface area (Å²) in [6, 6.07) is 10.2. The zero-order valence-electron chi connectivity index (χ0n) is 15.6. The van der Waals surface area contributed by atoms with E-state index >= 15 is 0 Å². The fraction of sp³-hybridized carbons (Fsp3) is 0.600. The van der Waals surface area contributed by atoms with E-state index in [4.69, 9.17) is 0 Å². The first-order valence-electron chi connectivity index (χ1n) is 9.71. The molecule has 6 nitrogen and oxygen atoms in total. The van der Waals surface area contributed by atoms with Crippen LogP contribution in [0.15, 0.2) is 30.3 Å². The van der Waals surface area contributed by atoms with E-state index in [1.807, 2.05) is 23.1 Å². The third-order valence-electron chi connectivity index (χ3n) is 5.43. The van der Waals surface area contributed by atoms with Gasteiger partial charge >= 0.3 is 6.03 Å². The van der Waals surface area contributed by atoms with Crippen LogP contribution >= 0.6 is 0 Å². The molecule has 3 amide bonds. The van der Waals surface area contributed by atoms with Gasteiger partial charge in [-0.05, 0) is 25.5 Å². The monoisotopic (exact) mass is 358 g/mol. The molecule has 1 atom stereocenters. The number of likely N-dealkylation sites (N-methyl/N-ethyl adjacent to an activating group) is 1. The van der Waals surface area contributed by atoms with Gasteiger partial charge in [0.2, 0.25) is 5.91 Å². The first-order chi connectivity index (χ1) is 12.6. The minimum absolute atomic E-state index is 0.0225. The van der Waals surface area contributed by atoms with E-state index in [9.17, 15) is 9.59 Å². The molecule has 2 N–H and O–H groups in total. The minimum atomic E-state index is -0.226. The van der Waals surface area contributed by atoms with Crippen molar-refractivity contribution in [2.45, 2.75) is 44.2 Å². The first kappa shape index (κ1) is 18.7. The molecule has 0 unspecified atom stereocenters. The van der Waals surface area contributed by atoms with Gasteiger partial charge in [0.25, 0.3) is 0 Å². The maximum atomic E-state index is 12.8. The summed E-state index contributed by atoms with van der Waals surface area (Å²) < 4.78 is 0. The van der Waals surface area contributed by atoms with Crippen molar-refractivity contribution in [1.82, 2.24) is 20.4 Å². The maximum absolute atomic E-state index is 12.8. The van der Waals surface area contributed by atoms with Crippen molar-refractivity contribution in [2.24, 2.45) is 0 Å². The van der Waals surface area contributed by atoms with Gasteiger partial charge in [0, 0.05) is 25.7 Å². The predicted octanol–water partition coefficient (Wildman–Crippen LogP) is 2.13. The Bertz CT molecular complexity index is 601. The Kier molecular flexibility index (Phi) is 6.50. The van der Waals surface area contributed by atoms with Gasteiger partial charge in [0.15, 0.2) is 0 Å². The Morgan fingerprint density at radius 2 is 1.81 bits per heavy atom. The smallest absolute Gasteiger partial charge is 0.315 e. The lowest BCUT2D eigenvalue weighted by molar-refractivity contribution is -0.135. The molecule has 2 fully saturated rings. The van der Waals surface area contributed by atoms with E-state index < -0.39 is 0 Å². The Morgan fingerprint density at radius 3 is 2.54 bits per heavy atom. The second-order valence-corrected chi connectivity index (χ2v) is 7.44. The van der Waals surface area contributed by atoms with Crippen molar-refractivity contribution in [3.05, 3.63) is 35.9 Å². The fourth-order valence-electron chi connectivity index (χ4n) is 3.92. The summed E-state index contributed by atoms with van der Waals surface area (Å²) in [6.45, 7) is 2.39. The molecule has 0 radical (unpaired) electrons. The molecule has 1 aliphatic heterocycles. The standard InChI is InChI=1S/C20H30N4O2/c1-23-12-13-24(18(15-23)16-8-4-2-5-9-16)19(25)14-21-20(26)22-17-10-6-3-7-11-17/h2,4-5,8-9,17-18H,3,6-7,10-15H2,1H3,(H2,21,22,26)/t18-/m0/s1. The van der Waals surface area contributed by atoms with Gasteiger partial charge in [0.1, 0.15) is 0 Å². The zero-order valence-corrected chi connectivity index (χ0v) is 15.6. The largest absolute Gasteiger partial charge is 0.335 e. The van der Waals surface area contributed by atoms with Crippen molar-refractivity contribution in [1.29, 1.82) is 0 Å². The summed E-state index contributed by atoms with van der Waals surface area (Å²) in [7, 11) is 2.08. The summed E-state index contributed by atoms with van der Waals surface area (Å²) in [5, 5.41) is 5.75. The topological polar surface area (TPSA) is 64.7 Å². The molecule has 2 aliphatic rings. The third-order valence-corrected chi connectivity index (χ3v) is 5.43. The highest BCUT2D eigenvalue weighted by Crippen LogP contribution is 2.24. The summed E-state index contributed by atoms with van der Waals surface area (Å²) in [6.07, 6.45) is 5.67. The molecule has 3 rings (SSSR count). The van der Waals surface area contributed by atoms with Crippen LogP contribution in [0.3, 0.4) is 0 Å². The highest BCUT2D eigenvalue weighted by Gasteiger charge is 2.30. The van der Waals surface area contributed by atoms with Gasteiger partial charge in [-0.3, -0.25) is 4.79 Å². The number of carbonyl (C=O) groups excluding carboxylic acids is 2. The van der Waals surface area contributed by atoms with Gasteiger partial charge in [-0.2, -0.15) is 0 Å². The lowest BCUT2D eigenvalue weighted by Gasteiger charge is -2.40. The Labute approximate surface area is 155 Å². The molecule has 0 aromatic heterocycles. The molecule has 1 saturated carbocycles. The average Bonchev–Trinajstić information content (AvgIpc) is 2.67. The van der Waals surface area contributed by atoms with Crippen LogP contribution in [-0.2, 0) is 4.79 Å². The number of benzene rings is 1. The van der Waals surface area contributed by atoms with Crippen molar-refractivity contribution >= 4 is 11.9 Å². The van der Waals surface area contributed by atoms with E-state index in [1.165, 1.54) is 19.3 Å². The van der Waals surface area contributed by atoms with Crippen LogP contribution in [-0.4, -0.2) is 61.0 Å². The molecule has 1 aliphatic carbocycles. The quantitative estimate of drug-likeness (QED) is 0.867. The Balaban J connectivity index is 1.54. The normalized spacial score (nSPS) is 22.0. The molecule has 1 aromatic rings. The van der Waals surface area contributed by atoms with Gasteiger partial charge in [-0.25, -0.2) is 4.79 Å². The number of amides is 3. The lowest BCUT2D eigenvalue weighted by atomic mass is 9.96. The predicted molar refractivity (Wildman–Crippen MR) is 102 cm³/mol. The van der Waals surface area contributed by atoms with Crippen LogP contribution < -0.4 is 10.6 Å². The lowest BCUT2D eigenvalue weighted by Crippen LogP contribution is -2.53. The number of carbonyl (C=O) groups is 2. The second-order valence-electron chi connectivity index (χ2n) is 7.44. The van der Waals surface area contributed by atoms with E-state index in [1.54, 1.807) is 0 Å². The minimum Gasteiger partial charge on any atom is -0.335 e. The van der Waals surface area contributed by atoms with Crippen LogP contribution in [0.4, 0.5) is 4.79 Å². The van der Waals surface area contributed by atoms with Crippen molar-refractivity contribution in [3.8, 4) is 0 Å². The molecule has 0 bridgehead atoms. The molecular formula is C20H30N4O2. The number of nitrogens with zero attached hydrogens (tertiary/aromatic N) is 2. The van der Waals surface area contributed by atoms with Gasteiger partial charge in [0.05, 0.1) is 12.6 Å². The van der Waals surface area contributed by atoms with Gasteiger partial charge in [-0.1, -0.05) is 49.6 Å². The van der Waals surface area contributed by atoms with E-state index in [0.717, 1.165) is 31.5 Å². The Morgan fingerprint density at radius 1 is 1.08 bits per heavy atom. The number of piperazine rings is 1. The number of hydrogen-bond donors (Lipinski definition) is 2. The van der Waals surface area contributed by atoms with Gasteiger partial charge < -0.3 is 20.4 Å². The van der Waals surface area contributed by atoms with E-state index in [-0.39, 0.29) is 30.6 Å². The summed E-state index contributed by atoms with van der Waals surface area (Å²) in [5.41, 5.74) is 1.14. The number of urea groups is 1. The number of rotatable bonds is 4. The number of nitrogens with one attached hydrogen (secondary N) is 2. The van der Waals surface area contributed by atoms with Crippen LogP contribution in [0.2, 0.25) is 0 Å². The molecule has 142 valence electrons. The second kappa shape index (κ2) is 9.03. The van der Waals surface area contributed by atoms with Crippen molar-refractivity contribution in [3.63, 3.8) is 0 Å². The summed E-state index contributed by atoms with van der Waals surface area (Å²) in [4.78, 5) is 29.0. The van der Waals surface area contributed by atoms with Crippen LogP contribution in [0.5, 0.6) is 0 Å². The molecule has 1 saturated heterocycles. The SMILES string of the molecule is CN1CCN(C(=O)CNC(=O)NC2CCCCC2)[C@H](c2ccccc2)C1. The highest BCUT2D eigenvalue weighted by molar-refractivity contribution is 5.84. The van der Waals surface area contributed by atoms with E-state index in [0.29, 0.717) is 6.54 Å². The summed E-state index contributed by atoms with van der Waals surface area (Å²) >= 11 is 0. The van der Waals surface area contributed by atoms with Crippen LogP contribution in [0.25, 0.3) is 0 Å².